The Bertz CT molecular complexity index is 930. The van der Waals surface area contributed by atoms with Gasteiger partial charge in [-0.1, -0.05) is 0 Å². The Hall–Kier alpha value is -2.81. The van der Waals surface area contributed by atoms with Crippen LogP contribution in [0.3, 0.4) is 0 Å². The predicted octanol–water partition coefficient (Wildman–Crippen LogP) is 4.61. The Balaban J connectivity index is 1.70. The largest absolute Gasteiger partial charge is 0.573 e. The van der Waals surface area contributed by atoms with E-state index in [0.717, 1.165) is 23.5 Å². The van der Waals surface area contributed by atoms with Crippen molar-refractivity contribution in [2.45, 2.75) is 13.3 Å². The maximum Gasteiger partial charge on any atom is 0.573 e. The van der Waals surface area contributed by atoms with Crippen molar-refractivity contribution < 1.29 is 22.7 Å². The molecule has 1 aromatic carbocycles. The average molecular weight is 381 g/mol. The molecule has 0 aliphatic heterocycles. The van der Waals surface area contributed by atoms with E-state index in [9.17, 15) is 18.0 Å². The second-order valence-corrected chi connectivity index (χ2v) is 6.34. The van der Waals surface area contributed by atoms with Gasteiger partial charge in [-0.2, -0.15) is 0 Å². The molecule has 26 heavy (non-hydrogen) atoms. The van der Waals surface area contributed by atoms with E-state index in [0.29, 0.717) is 10.7 Å². The minimum atomic E-state index is -4.75. The van der Waals surface area contributed by atoms with Crippen molar-refractivity contribution in [3.05, 3.63) is 53.2 Å². The SMILES string of the molecule is Cc1ccc(-c2nc(C(=O)Nc3ccc(OC(F)(F)F)cc3)cs2)n1C. The fraction of sp³-hybridized carbons (Fsp3) is 0.176. The fourth-order valence-electron chi connectivity index (χ4n) is 2.26. The number of nitrogens with one attached hydrogen (secondary N) is 1. The lowest BCUT2D eigenvalue weighted by molar-refractivity contribution is -0.274. The lowest BCUT2D eigenvalue weighted by atomic mass is 10.3. The number of anilines is 1. The molecular formula is C17H14F3N3O2S. The molecule has 3 rings (SSSR count). The zero-order chi connectivity index (χ0) is 18.9. The van der Waals surface area contributed by atoms with Gasteiger partial charge in [0.05, 0.1) is 5.69 Å². The van der Waals surface area contributed by atoms with Crippen molar-refractivity contribution in [3.8, 4) is 16.5 Å². The Morgan fingerprint density at radius 3 is 2.46 bits per heavy atom. The molecule has 3 aromatic rings. The van der Waals surface area contributed by atoms with Gasteiger partial charge in [0, 0.05) is 23.8 Å². The number of alkyl halides is 3. The Labute approximate surface area is 151 Å². The molecule has 9 heteroatoms. The predicted molar refractivity (Wildman–Crippen MR) is 92.3 cm³/mol. The molecule has 0 radical (unpaired) electrons. The monoisotopic (exact) mass is 381 g/mol. The Morgan fingerprint density at radius 2 is 1.88 bits per heavy atom. The van der Waals surface area contributed by atoms with Gasteiger partial charge in [0.25, 0.3) is 5.91 Å². The van der Waals surface area contributed by atoms with E-state index >= 15 is 0 Å². The highest BCUT2D eigenvalue weighted by molar-refractivity contribution is 7.13. The van der Waals surface area contributed by atoms with E-state index in [1.807, 2.05) is 30.7 Å². The minimum absolute atomic E-state index is 0.236. The number of carbonyl (C=O) groups is 1. The highest BCUT2D eigenvalue weighted by Gasteiger charge is 2.31. The van der Waals surface area contributed by atoms with Gasteiger partial charge in [-0.15, -0.1) is 24.5 Å². The number of nitrogens with zero attached hydrogens (tertiary/aromatic N) is 2. The molecule has 0 saturated heterocycles. The summed E-state index contributed by atoms with van der Waals surface area (Å²) >= 11 is 1.34. The molecule has 0 aliphatic carbocycles. The molecule has 0 aliphatic rings. The van der Waals surface area contributed by atoms with Crippen LogP contribution in [0.5, 0.6) is 5.75 Å². The summed E-state index contributed by atoms with van der Waals surface area (Å²) in [7, 11) is 1.91. The van der Waals surface area contributed by atoms with E-state index < -0.39 is 12.3 Å². The number of carbonyl (C=O) groups excluding carboxylic acids is 1. The first-order valence-corrected chi connectivity index (χ1v) is 8.36. The number of hydrogen-bond acceptors (Lipinski definition) is 4. The van der Waals surface area contributed by atoms with Crippen LogP contribution in [0.25, 0.3) is 10.7 Å². The summed E-state index contributed by atoms with van der Waals surface area (Å²) < 4.78 is 42.2. The number of thiazole rings is 1. The number of ether oxygens (including phenoxy) is 1. The second kappa shape index (κ2) is 6.83. The van der Waals surface area contributed by atoms with Gasteiger partial charge in [-0.05, 0) is 43.3 Å². The van der Waals surface area contributed by atoms with Crippen LogP contribution in [0.2, 0.25) is 0 Å². The van der Waals surface area contributed by atoms with Gasteiger partial charge < -0.3 is 14.6 Å². The lowest BCUT2D eigenvalue weighted by Crippen LogP contribution is -2.17. The van der Waals surface area contributed by atoms with E-state index in [1.54, 1.807) is 5.38 Å². The third kappa shape index (κ3) is 4.05. The van der Waals surface area contributed by atoms with Gasteiger partial charge in [0.15, 0.2) is 0 Å². The van der Waals surface area contributed by atoms with Crippen LogP contribution in [0, 0.1) is 6.92 Å². The zero-order valence-corrected chi connectivity index (χ0v) is 14.6. The highest BCUT2D eigenvalue weighted by Crippen LogP contribution is 2.26. The molecule has 136 valence electrons. The van der Waals surface area contributed by atoms with Crippen molar-refractivity contribution >= 4 is 22.9 Å². The van der Waals surface area contributed by atoms with Gasteiger partial charge in [-0.3, -0.25) is 4.79 Å². The smallest absolute Gasteiger partial charge is 0.406 e. The van der Waals surface area contributed by atoms with Crippen LogP contribution < -0.4 is 10.1 Å². The first-order valence-electron chi connectivity index (χ1n) is 7.48. The third-order valence-corrected chi connectivity index (χ3v) is 4.54. The highest BCUT2D eigenvalue weighted by atomic mass is 32.1. The van der Waals surface area contributed by atoms with Crippen LogP contribution in [-0.4, -0.2) is 21.8 Å². The number of aromatic nitrogens is 2. The topological polar surface area (TPSA) is 56.1 Å². The molecule has 0 fully saturated rings. The maximum absolute atomic E-state index is 12.3. The van der Waals surface area contributed by atoms with Gasteiger partial charge in [-0.25, -0.2) is 4.98 Å². The summed E-state index contributed by atoms with van der Waals surface area (Å²) in [6, 6.07) is 8.79. The molecule has 0 atom stereocenters. The standard InChI is InChI=1S/C17H14F3N3O2S/c1-10-3-8-14(23(10)2)16-22-13(9-26-16)15(24)21-11-4-6-12(7-5-11)25-17(18,19)20/h3-9H,1-2H3,(H,21,24). The average Bonchev–Trinajstić information content (AvgIpc) is 3.16. The van der Waals surface area contributed by atoms with Crippen LogP contribution in [0.15, 0.2) is 41.8 Å². The summed E-state index contributed by atoms with van der Waals surface area (Å²) in [5.41, 5.74) is 2.55. The van der Waals surface area contributed by atoms with Crippen molar-refractivity contribution in [1.29, 1.82) is 0 Å². The van der Waals surface area contributed by atoms with Crippen molar-refractivity contribution in [2.75, 3.05) is 5.32 Å². The van der Waals surface area contributed by atoms with Crippen LogP contribution in [-0.2, 0) is 7.05 Å². The summed E-state index contributed by atoms with van der Waals surface area (Å²) in [6.07, 6.45) is -4.75. The molecular weight excluding hydrogens is 367 g/mol. The number of rotatable bonds is 4. The molecule has 2 aromatic heterocycles. The number of hydrogen-bond donors (Lipinski definition) is 1. The summed E-state index contributed by atoms with van der Waals surface area (Å²) in [5.74, 6) is -0.798. The van der Waals surface area contributed by atoms with E-state index in [-0.39, 0.29) is 11.4 Å². The zero-order valence-electron chi connectivity index (χ0n) is 13.8. The van der Waals surface area contributed by atoms with Crippen LogP contribution in [0.1, 0.15) is 16.2 Å². The first kappa shape index (κ1) is 18.0. The normalized spacial score (nSPS) is 11.4. The Kier molecular flexibility index (Phi) is 4.73. The van der Waals surface area contributed by atoms with Gasteiger partial charge in [0.2, 0.25) is 0 Å². The minimum Gasteiger partial charge on any atom is -0.406 e. The van der Waals surface area contributed by atoms with E-state index in [4.69, 9.17) is 0 Å². The lowest BCUT2D eigenvalue weighted by Gasteiger charge is -2.09. The van der Waals surface area contributed by atoms with Crippen LogP contribution in [0.4, 0.5) is 18.9 Å². The number of halogens is 3. The quantitative estimate of drug-likeness (QED) is 0.718. The number of aryl methyl sites for hydroxylation is 1. The third-order valence-electron chi connectivity index (χ3n) is 3.67. The molecule has 0 bridgehead atoms. The molecule has 0 spiro atoms. The van der Waals surface area contributed by atoms with Crippen LogP contribution >= 0.6 is 11.3 Å². The maximum atomic E-state index is 12.3. The number of benzene rings is 1. The van der Waals surface area contributed by atoms with Gasteiger partial charge in [0.1, 0.15) is 16.5 Å². The Morgan fingerprint density at radius 1 is 1.19 bits per heavy atom. The van der Waals surface area contributed by atoms with E-state index in [2.05, 4.69) is 15.0 Å². The molecule has 5 nitrogen and oxygen atoms in total. The molecule has 0 saturated carbocycles. The number of amides is 1. The summed E-state index contributed by atoms with van der Waals surface area (Å²) in [4.78, 5) is 16.6. The van der Waals surface area contributed by atoms with Crippen molar-refractivity contribution in [1.82, 2.24) is 9.55 Å². The molecule has 1 amide bonds. The fourth-order valence-corrected chi connectivity index (χ4v) is 3.12. The summed E-state index contributed by atoms with van der Waals surface area (Å²) in [5, 5.41) is 4.94. The summed E-state index contributed by atoms with van der Waals surface area (Å²) in [6.45, 7) is 1.97. The van der Waals surface area contributed by atoms with E-state index in [1.165, 1.54) is 23.5 Å². The molecule has 0 unspecified atom stereocenters. The van der Waals surface area contributed by atoms with Crippen molar-refractivity contribution in [2.24, 2.45) is 7.05 Å². The molecule has 1 N–H and O–H groups in total. The van der Waals surface area contributed by atoms with Crippen molar-refractivity contribution in [3.63, 3.8) is 0 Å². The first-order chi connectivity index (χ1) is 12.2. The van der Waals surface area contributed by atoms with Gasteiger partial charge >= 0.3 is 6.36 Å². The second-order valence-electron chi connectivity index (χ2n) is 5.48. The molecule has 2 heterocycles.